The molecule has 0 saturated carbocycles. The summed E-state index contributed by atoms with van der Waals surface area (Å²) in [6.07, 6.45) is 5.39. The van der Waals surface area contributed by atoms with Crippen molar-refractivity contribution in [3.05, 3.63) is 81.6 Å². The molecule has 0 unspecified atom stereocenters. The van der Waals surface area contributed by atoms with Gasteiger partial charge in [-0.2, -0.15) is 0 Å². The first kappa shape index (κ1) is 37.8. The molecule has 0 radical (unpaired) electrons. The number of amides is 4. The highest BCUT2D eigenvalue weighted by Crippen LogP contribution is 2.42. The van der Waals surface area contributed by atoms with Gasteiger partial charge in [-0.15, -0.1) is 0 Å². The maximum Gasteiger partial charge on any atom is 0.267 e. The highest BCUT2D eigenvalue weighted by Gasteiger charge is 2.41. The number of nitrogens with zero attached hydrogens (tertiary/aromatic N) is 4. The molecule has 48 heavy (non-hydrogen) atoms. The monoisotopic (exact) mass is 724 g/mol. The molecule has 0 aromatic heterocycles. The molecule has 8 nitrogen and oxygen atoms in total. The molecular formula is C36H44N4O4S4. The van der Waals surface area contributed by atoms with Gasteiger partial charge in [0.25, 0.3) is 11.8 Å². The van der Waals surface area contributed by atoms with Gasteiger partial charge in [-0.05, 0) is 50.7 Å². The van der Waals surface area contributed by atoms with E-state index in [1.165, 1.54) is 0 Å². The molecule has 0 atom stereocenters. The molecule has 2 aliphatic rings. The predicted molar refractivity (Wildman–Crippen MR) is 203 cm³/mol. The second kappa shape index (κ2) is 19.2. The lowest BCUT2D eigenvalue weighted by Crippen LogP contribution is -2.31. The number of hydrogen-bond donors (Lipinski definition) is 0. The van der Waals surface area contributed by atoms with E-state index in [-0.39, 0.29) is 23.6 Å². The molecule has 4 rings (SSSR count). The molecule has 0 aliphatic carbocycles. The van der Waals surface area contributed by atoms with E-state index in [0.717, 1.165) is 60.3 Å². The Labute approximate surface area is 303 Å². The zero-order chi connectivity index (χ0) is 34.5. The Hall–Kier alpha value is -3.06. The van der Waals surface area contributed by atoms with E-state index in [1.807, 2.05) is 84.3 Å². The van der Waals surface area contributed by atoms with Crippen molar-refractivity contribution < 1.29 is 19.2 Å². The Kier molecular flexibility index (Phi) is 15.1. The smallest absolute Gasteiger partial charge is 0.267 e. The van der Waals surface area contributed by atoms with E-state index < -0.39 is 0 Å². The summed E-state index contributed by atoms with van der Waals surface area (Å²) < 4.78 is 0.879. The summed E-state index contributed by atoms with van der Waals surface area (Å²) in [5.74, 6) is -0.249. The minimum Gasteiger partial charge on any atom is -0.339 e. The fourth-order valence-corrected chi connectivity index (χ4v) is 8.35. The minimum atomic E-state index is -0.254. The Morgan fingerprint density at radius 1 is 0.604 bits per heavy atom. The quantitative estimate of drug-likeness (QED) is 0.0913. The van der Waals surface area contributed by atoms with Gasteiger partial charge >= 0.3 is 0 Å². The van der Waals surface area contributed by atoms with Gasteiger partial charge in [0.05, 0.1) is 9.81 Å². The van der Waals surface area contributed by atoms with Crippen molar-refractivity contribution >= 4 is 80.2 Å². The van der Waals surface area contributed by atoms with Crippen LogP contribution in [0, 0.1) is 0 Å². The summed E-state index contributed by atoms with van der Waals surface area (Å²) in [6, 6.07) is 19.9. The molecule has 12 heteroatoms. The van der Waals surface area contributed by atoms with Gasteiger partial charge in [-0.1, -0.05) is 121 Å². The van der Waals surface area contributed by atoms with Crippen LogP contribution in [-0.4, -0.2) is 78.0 Å². The number of hydrogen-bond acceptors (Lipinski definition) is 8. The fourth-order valence-electron chi connectivity index (χ4n) is 5.58. The number of thiocarbonyl (C=S) groups is 2. The highest BCUT2D eigenvalue weighted by molar-refractivity contribution is 8.29. The van der Waals surface area contributed by atoms with E-state index in [2.05, 4.69) is 0 Å². The Morgan fingerprint density at radius 3 is 1.33 bits per heavy atom. The molecule has 0 bridgehead atoms. The zero-order valence-electron chi connectivity index (χ0n) is 27.7. The third kappa shape index (κ3) is 10.5. The van der Waals surface area contributed by atoms with E-state index >= 15 is 0 Å². The van der Waals surface area contributed by atoms with Crippen LogP contribution in [-0.2, 0) is 32.3 Å². The second-order valence-corrected chi connectivity index (χ2v) is 15.0. The van der Waals surface area contributed by atoms with Crippen molar-refractivity contribution in [2.45, 2.75) is 78.3 Å². The molecular weight excluding hydrogens is 681 g/mol. The predicted octanol–water partition coefficient (Wildman–Crippen LogP) is 7.14. The minimum absolute atomic E-state index is 0.129. The Bertz CT molecular complexity index is 1390. The Morgan fingerprint density at radius 2 is 0.979 bits per heavy atom. The van der Waals surface area contributed by atoms with Crippen LogP contribution in [0.5, 0.6) is 0 Å². The third-order valence-corrected chi connectivity index (χ3v) is 11.4. The first-order chi connectivity index (χ1) is 23.2. The van der Waals surface area contributed by atoms with E-state index in [4.69, 9.17) is 24.4 Å². The topological polar surface area (TPSA) is 81.2 Å². The van der Waals surface area contributed by atoms with E-state index in [0.29, 0.717) is 83.4 Å². The molecule has 0 spiro atoms. The lowest BCUT2D eigenvalue weighted by atomic mass is 10.1. The van der Waals surface area contributed by atoms with Gasteiger partial charge in [0.2, 0.25) is 11.8 Å². The molecule has 256 valence electrons. The van der Waals surface area contributed by atoms with Crippen LogP contribution < -0.4 is 0 Å². The van der Waals surface area contributed by atoms with Crippen LogP contribution in [0.1, 0.15) is 76.3 Å². The van der Waals surface area contributed by atoms with Gasteiger partial charge in [-0.25, -0.2) is 0 Å². The summed E-state index contributed by atoms with van der Waals surface area (Å²) in [7, 11) is 0. The number of rotatable bonds is 18. The molecule has 0 N–H and O–H groups in total. The van der Waals surface area contributed by atoms with Crippen LogP contribution in [0.25, 0.3) is 0 Å². The zero-order valence-corrected chi connectivity index (χ0v) is 31.0. The SMILES string of the molecule is CCN(Cc1ccccc1)C(=O)CCCCCN1C(=O)/C(=C2\SC(=S)N(CCCCCC(=O)N(CC)Cc3ccccc3)C2=O)SC1=S. The van der Waals surface area contributed by atoms with Gasteiger partial charge < -0.3 is 9.80 Å². The van der Waals surface area contributed by atoms with Crippen molar-refractivity contribution in [1.82, 2.24) is 19.6 Å². The van der Waals surface area contributed by atoms with Crippen molar-refractivity contribution in [2.75, 3.05) is 26.2 Å². The summed E-state index contributed by atoms with van der Waals surface area (Å²) in [4.78, 5) is 59.7. The number of carbonyl (C=O) groups excluding carboxylic acids is 4. The van der Waals surface area contributed by atoms with Crippen LogP contribution >= 0.6 is 48.0 Å². The first-order valence-electron chi connectivity index (χ1n) is 16.7. The van der Waals surface area contributed by atoms with Crippen LogP contribution in [0.2, 0.25) is 0 Å². The normalized spacial score (nSPS) is 16.3. The molecule has 2 fully saturated rings. The summed E-state index contributed by atoms with van der Waals surface area (Å²) in [6.45, 7) is 7.40. The summed E-state index contributed by atoms with van der Waals surface area (Å²) in [5.41, 5.74) is 2.22. The van der Waals surface area contributed by atoms with Crippen LogP contribution in [0.15, 0.2) is 70.5 Å². The van der Waals surface area contributed by atoms with E-state index in [1.54, 1.807) is 9.80 Å². The average Bonchev–Trinajstić information content (AvgIpc) is 3.54. The largest absolute Gasteiger partial charge is 0.339 e. The summed E-state index contributed by atoms with van der Waals surface area (Å²) >= 11 is 13.4. The van der Waals surface area contributed by atoms with E-state index in [9.17, 15) is 19.2 Å². The van der Waals surface area contributed by atoms with Crippen molar-refractivity contribution in [2.24, 2.45) is 0 Å². The molecule has 2 aliphatic heterocycles. The molecule has 2 aromatic carbocycles. The van der Waals surface area contributed by atoms with Crippen LogP contribution in [0.3, 0.4) is 0 Å². The van der Waals surface area contributed by atoms with Gasteiger partial charge in [0, 0.05) is 52.1 Å². The lowest BCUT2D eigenvalue weighted by molar-refractivity contribution is -0.132. The molecule has 2 saturated heterocycles. The number of unbranched alkanes of at least 4 members (excludes halogenated alkanes) is 4. The fraction of sp³-hybridized carbons (Fsp3) is 0.444. The number of thioether (sulfide) groups is 2. The highest BCUT2D eigenvalue weighted by atomic mass is 32.2. The second-order valence-electron chi connectivity index (χ2n) is 11.7. The standard InChI is InChI=1S/C36H44N4O4S4/c1-3-37(25-27-17-9-5-10-18-27)29(41)21-13-7-15-23-39-33(43)31(47-35(39)45)32-34(44)40(36(46)48-32)24-16-8-14-22-30(42)38(4-2)26-28-19-11-6-12-20-28/h5-6,9-12,17-20H,3-4,7-8,13-16,21-26H2,1-2H3/b32-31+. The van der Waals surface area contributed by atoms with Gasteiger partial charge in [-0.3, -0.25) is 29.0 Å². The van der Waals surface area contributed by atoms with Crippen LogP contribution in [0.4, 0.5) is 0 Å². The average molecular weight is 725 g/mol. The first-order valence-corrected chi connectivity index (χ1v) is 19.1. The molecule has 2 heterocycles. The number of benzene rings is 2. The van der Waals surface area contributed by atoms with Crippen molar-refractivity contribution in [1.29, 1.82) is 0 Å². The lowest BCUT2D eigenvalue weighted by Gasteiger charge is -2.21. The van der Waals surface area contributed by atoms with Crippen molar-refractivity contribution in [3.63, 3.8) is 0 Å². The Balaban J connectivity index is 1.18. The van der Waals surface area contributed by atoms with Gasteiger partial charge in [0.15, 0.2) is 0 Å². The third-order valence-electron chi connectivity index (χ3n) is 8.35. The maximum atomic E-state index is 13.3. The molecule has 2 aromatic rings. The molecule has 4 amide bonds. The maximum absolute atomic E-state index is 13.3. The summed E-state index contributed by atoms with van der Waals surface area (Å²) in [5, 5.41) is 0. The van der Waals surface area contributed by atoms with Crippen molar-refractivity contribution in [3.8, 4) is 0 Å². The van der Waals surface area contributed by atoms with Gasteiger partial charge in [0.1, 0.15) is 8.64 Å². The number of carbonyl (C=O) groups is 4.